The largest absolute Gasteiger partial charge is 0.485 e. The minimum absolute atomic E-state index is 0.217. The summed E-state index contributed by atoms with van der Waals surface area (Å²) in [6, 6.07) is 10.1. The van der Waals surface area contributed by atoms with Crippen molar-refractivity contribution in [2.24, 2.45) is 0 Å². The first-order valence-corrected chi connectivity index (χ1v) is 8.13. The molecule has 1 aromatic carbocycles. The number of fused-ring (bicyclic) bond motifs is 1. The van der Waals surface area contributed by atoms with Crippen molar-refractivity contribution >= 4 is 0 Å². The highest BCUT2D eigenvalue weighted by Crippen LogP contribution is 2.42. The van der Waals surface area contributed by atoms with E-state index in [4.69, 9.17) is 4.74 Å². The van der Waals surface area contributed by atoms with Gasteiger partial charge in [0.1, 0.15) is 24.1 Å². The van der Waals surface area contributed by atoms with Crippen LogP contribution in [0.1, 0.15) is 36.7 Å². The Morgan fingerprint density at radius 3 is 2.81 bits per heavy atom. The Bertz CT molecular complexity index is 991. The smallest absolute Gasteiger partial charge is 0.294 e. The van der Waals surface area contributed by atoms with E-state index >= 15 is 0 Å². The van der Waals surface area contributed by atoms with Crippen LogP contribution in [-0.2, 0) is 11.4 Å². The lowest BCUT2D eigenvalue weighted by molar-refractivity contribution is -0.763. The monoisotopic (exact) mass is 371 g/mol. The van der Waals surface area contributed by atoms with Gasteiger partial charge in [-0.05, 0) is 38.1 Å². The molecule has 1 aliphatic heterocycles. The number of pyridine rings is 1. The fourth-order valence-corrected chi connectivity index (χ4v) is 3.21. The van der Waals surface area contributed by atoms with E-state index < -0.39 is 35.0 Å². The van der Waals surface area contributed by atoms with Crippen molar-refractivity contribution in [2.45, 2.75) is 38.2 Å². The van der Waals surface area contributed by atoms with Gasteiger partial charge in [-0.2, -0.15) is 5.26 Å². The van der Waals surface area contributed by atoms with Gasteiger partial charge in [-0.1, -0.05) is 6.07 Å². The number of aliphatic hydroxyl groups is 1. The lowest BCUT2D eigenvalue weighted by atomic mass is 9.85. The number of hydrogen-bond acceptors (Lipinski definition) is 7. The van der Waals surface area contributed by atoms with E-state index in [0.29, 0.717) is 16.9 Å². The molecular formula is C18H17N3O6. The molecule has 0 aliphatic carbocycles. The Morgan fingerprint density at radius 2 is 2.15 bits per heavy atom. The summed E-state index contributed by atoms with van der Waals surface area (Å²) in [6.07, 6.45) is -1.16. The predicted octanol–water partition coefficient (Wildman–Crippen LogP) is 1.55. The van der Waals surface area contributed by atoms with Gasteiger partial charge in [0.15, 0.2) is 0 Å². The first kappa shape index (κ1) is 18.4. The summed E-state index contributed by atoms with van der Waals surface area (Å²) in [7, 11) is 0. The van der Waals surface area contributed by atoms with Crippen LogP contribution in [0.4, 0.5) is 0 Å². The van der Waals surface area contributed by atoms with Crippen LogP contribution in [0.25, 0.3) is 0 Å². The Balaban J connectivity index is 2.23. The number of nitriles is 1. The standard InChI is InChI=1S/C18H17N3O6/c1-18(2)17(23)16(13-8-11(9-19)6-7-14(13)27-18)20-12(10-26-21(24)25)4-3-5-15(20)22/h3-8,16-17,23H,10H2,1-2H3. The minimum Gasteiger partial charge on any atom is -0.485 e. The van der Waals surface area contributed by atoms with E-state index in [0.717, 1.165) is 0 Å². The molecule has 0 fully saturated rings. The van der Waals surface area contributed by atoms with Gasteiger partial charge < -0.3 is 19.2 Å². The molecule has 2 atom stereocenters. The molecule has 0 radical (unpaired) electrons. The number of rotatable bonds is 4. The summed E-state index contributed by atoms with van der Waals surface area (Å²) in [5.74, 6) is 0.422. The topological polar surface area (TPSA) is 128 Å². The molecule has 1 N–H and O–H groups in total. The highest BCUT2D eigenvalue weighted by atomic mass is 16.9. The highest BCUT2D eigenvalue weighted by molar-refractivity contribution is 5.47. The number of hydrogen-bond donors (Lipinski definition) is 1. The second-order valence-corrected chi connectivity index (χ2v) is 6.68. The van der Waals surface area contributed by atoms with Gasteiger partial charge >= 0.3 is 0 Å². The zero-order valence-corrected chi connectivity index (χ0v) is 14.7. The molecule has 0 amide bonds. The van der Waals surface area contributed by atoms with Crippen molar-refractivity contribution in [3.05, 3.63) is 73.7 Å². The first-order chi connectivity index (χ1) is 12.7. The molecule has 0 saturated carbocycles. The highest BCUT2D eigenvalue weighted by Gasteiger charge is 2.44. The average Bonchev–Trinajstić information content (AvgIpc) is 2.61. The average molecular weight is 371 g/mol. The number of nitrogens with zero attached hydrogens (tertiary/aromatic N) is 3. The van der Waals surface area contributed by atoms with Gasteiger partial charge in [0, 0.05) is 17.3 Å². The fraction of sp³-hybridized carbons (Fsp3) is 0.333. The third-order valence-electron chi connectivity index (χ3n) is 4.51. The van der Waals surface area contributed by atoms with Gasteiger partial charge in [0.05, 0.1) is 17.7 Å². The summed E-state index contributed by atoms with van der Waals surface area (Å²) in [5.41, 5.74) is -0.510. The first-order valence-electron chi connectivity index (χ1n) is 8.13. The maximum absolute atomic E-state index is 12.6. The van der Waals surface area contributed by atoms with Crippen LogP contribution in [0.3, 0.4) is 0 Å². The maximum atomic E-state index is 12.6. The zero-order valence-electron chi connectivity index (χ0n) is 14.7. The molecular weight excluding hydrogens is 354 g/mol. The van der Waals surface area contributed by atoms with Crippen molar-refractivity contribution in [1.29, 1.82) is 5.26 Å². The third kappa shape index (κ3) is 3.35. The summed E-state index contributed by atoms with van der Waals surface area (Å²) < 4.78 is 7.09. The molecule has 9 heteroatoms. The SMILES string of the molecule is CC1(C)Oc2ccc(C#N)cc2C(n2c(CO[N+](=O)[O-])cccc2=O)C1O. The van der Waals surface area contributed by atoms with Crippen molar-refractivity contribution in [3.63, 3.8) is 0 Å². The summed E-state index contributed by atoms with van der Waals surface area (Å²) in [4.78, 5) is 27.6. The van der Waals surface area contributed by atoms with Crippen molar-refractivity contribution in [1.82, 2.24) is 4.57 Å². The van der Waals surface area contributed by atoms with Crippen LogP contribution in [0.5, 0.6) is 5.75 Å². The predicted molar refractivity (Wildman–Crippen MR) is 92.5 cm³/mol. The Labute approximate surface area is 154 Å². The van der Waals surface area contributed by atoms with Crippen LogP contribution < -0.4 is 10.3 Å². The van der Waals surface area contributed by atoms with Crippen molar-refractivity contribution < 1.29 is 19.8 Å². The minimum atomic E-state index is -1.16. The van der Waals surface area contributed by atoms with E-state index in [2.05, 4.69) is 4.84 Å². The summed E-state index contributed by atoms with van der Waals surface area (Å²) in [6.45, 7) is 2.89. The molecule has 27 heavy (non-hydrogen) atoms. The lowest BCUT2D eigenvalue weighted by Gasteiger charge is -2.43. The van der Waals surface area contributed by atoms with Crippen LogP contribution in [-0.4, -0.2) is 26.5 Å². The van der Waals surface area contributed by atoms with E-state index in [1.165, 1.54) is 28.8 Å². The van der Waals surface area contributed by atoms with E-state index in [1.807, 2.05) is 6.07 Å². The summed E-state index contributed by atoms with van der Waals surface area (Å²) in [5, 5.41) is 29.8. The van der Waals surface area contributed by atoms with Crippen LogP contribution in [0.15, 0.2) is 41.2 Å². The Kier molecular flexibility index (Phi) is 4.59. The number of aliphatic hydroxyl groups excluding tert-OH is 1. The normalized spacial score (nSPS) is 20.1. The van der Waals surface area contributed by atoms with E-state index in [-0.39, 0.29) is 5.69 Å². The maximum Gasteiger partial charge on any atom is 0.294 e. The van der Waals surface area contributed by atoms with Gasteiger partial charge in [0.25, 0.3) is 10.6 Å². The molecule has 9 nitrogen and oxygen atoms in total. The molecule has 0 bridgehead atoms. The molecule has 2 aromatic rings. The van der Waals surface area contributed by atoms with Crippen LogP contribution in [0, 0.1) is 21.4 Å². The Morgan fingerprint density at radius 1 is 1.41 bits per heavy atom. The molecule has 140 valence electrons. The van der Waals surface area contributed by atoms with E-state index in [9.17, 15) is 25.3 Å². The van der Waals surface area contributed by atoms with E-state index in [1.54, 1.807) is 26.0 Å². The van der Waals surface area contributed by atoms with Crippen LogP contribution >= 0.6 is 0 Å². The van der Waals surface area contributed by atoms with Gasteiger partial charge in [-0.15, -0.1) is 10.1 Å². The molecule has 0 spiro atoms. The summed E-state index contributed by atoms with van der Waals surface area (Å²) >= 11 is 0. The number of aromatic nitrogens is 1. The molecule has 3 rings (SSSR count). The second kappa shape index (κ2) is 6.74. The quantitative estimate of drug-likeness (QED) is 0.638. The van der Waals surface area contributed by atoms with Crippen molar-refractivity contribution in [3.8, 4) is 11.8 Å². The van der Waals surface area contributed by atoms with Crippen molar-refractivity contribution in [2.75, 3.05) is 0 Å². The third-order valence-corrected chi connectivity index (χ3v) is 4.51. The Hall–Kier alpha value is -3.38. The van der Waals surface area contributed by atoms with Gasteiger partial charge in [-0.3, -0.25) is 4.79 Å². The fourth-order valence-electron chi connectivity index (χ4n) is 3.21. The molecule has 2 unspecified atom stereocenters. The van der Waals surface area contributed by atoms with Gasteiger partial charge in [0.2, 0.25) is 0 Å². The number of ether oxygens (including phenoxy) is 1. The molecule has 2 heterocycles. The molecule has 1 aliphatic rings. The van der Waals surface area contributed by atoms with Gasteiger partial charge in [-0.25, -0.2) is 0 Å². The second-order valence-electron chi connectivity index (χ2n) is 6.68. The lowest BCUT2D eigenvalue weighted by Crippen LogP contribution is -2.52. The molecule has 1 aromatic heterocycles. The van der Waals surface area contributed by atoms with Crippen LogP contribution in [0.2, 0.25) is 0 Å². The number of benzene rings is 1. The zero-order chi connectivity index (χ0) is 19.8. The molecule has 0 saturated heterocycles.